The van der Waals surface area contributed by atoms with Crippen LogP contribution in [0.15, 0.2) is 23.6 Å². The van der Waals surface area contributed by atoms with E-state index in [1.807, 2.05) is 37.4 Å². The summed E-state index contributed by atoms with van der Waals surface area (Å²) in [6.45, 7) is 4.58. The molecule has 0 aliphatic rings. The highest BCUT2D eigenvalue weighted by Gasteiger charge is 2.11. The van der Waals surface area contributed by atoms with Gasteiger partial charge in [0.05, 0.1) is 29.4 Å². The number of hydrogen-bond donors (Lipinski definition) is 2. The van der Waals surface area contributed by atoms with Gasteiger partial charge in [-0.05, 0) is 26.0 Å². The molecule has 3 N–H and O–H groups in total. The molecule has 2 aromatic rings. The van der Waals surface area contributed by atoms with Crippen LogP contribution in [-0.4, -0.2) is 17.4 Å². The molecule has 21 heavy (non-hydrogen) atoms. The normalized spacial score (nSPS) is 9.86. The summed E-state index contributed by atoms with van der Waals surface area (Å²) in [5.41, 5.74) is 8.54. The van der Waals surface area contributed by atoms with E-state index in [9.17, 15) is 4.79 Å². The van der Waals surface area contributed by atoms with Crippen molar-refractivity contribution in [1.82, 2.24) is 10.3 Å². The lowest BCUT2D eigenvalue weighted by molar-refractivity contribution is 0.0950. The fourth-order valence-electron chi connectivity index (χ4n) is 1.86. The molecule has 1 aromatic heterocycles. The molecule has 1 amide bonds. The highest BCUT2D eigenvalue weighted by atomic mass is 32.1. The Bertz CT molecular complexity index is 710. The second kappa shape index (κ2) is 7.02. The van der Waals surface area contributed by atoms with E-state index in [-0.39, 0.29) is 12.5 Å². The molecule has 1 aromatic carbocycles. The van der Waals surface area contributed by atoms with Crippen molar-refractivity contribution in [2.75, 3.05) is 6.54 Å². The molecule has 2 rings (SSSR count). The minimum atomic E-state index is -0.148. The molecule has 0 saturated carbocycles. The van der Waals surface area contributed by atoms with Crippen molar-refractivity contribution in [3.8, 4) is 11.8 Å². The molecule has 5 heteroatoms. The SMILES string of the molecule is Cc1ccc(C#CCN)c(C(=O)NCc2csc(C)n2)c1. The fourth-order valence-corrected chi connectivity index (χ4v) is 2.47. The maximum absolute atomic E-state index is 12.3. The summed E-state index contributed by atoms with van der Waals surface area (Å²) in [5.74, 6) is 5.57. The molecular formula is C16H17N3OS. The summed E-state index contributed by atoms with van der Waals surface area (Å²) < 4.78 is 0. The first-order valence-corrected chi connectivity index (χ1v) is 7.47. The number of carbonyl (C=O) groups is 1. The van der Waals surface area contributed by atoms with Crippen molar-refractivity contribution in [1.29, 1.82) is 0 Å². The molecule has 0 fully saturated rings. The Morgan fingerprint density at radius 3 is 2.90 bits per heavy atom. The Hall–Kier alpha value is -2.16. The number of aryl methyl sites for hydroxylation is 2. The van der Waals surface area contributed by atoms with Crippen molar-refractivity contribution in [2.24, 2.45) is 5.73 Å². The summed E-state index contributed by atoms with van der Waals surface area (Å²) in [4.78, 5) is 16.7. The molecule has 0 aliphatic heterocycles. The van der Waals surface area contributed by atoms with Crippen molar-refractivity contribution < 1.29 is 4.79 Å². The van der Waals surface area contributed by atoms with E-state index in [1.165, 1.54) is 0 Å². The van der Waals surface area contributed by atoms with Crippen LogP contribution in [0.5, 0.6) is 0 Å². The molecule has 0 aliphatic carbocycles. The topological polar surface area (TPSA) is 68.0 Å². The summed E-state index contributed by atoms with van der Waals surface area (Å²) in [6.07, 6.45) is 0. The number of carbonyl (C=O) groups excluding carboxylic acids is 1. The summed E-state index contributed by atoms with van der Waals surface area (Å²) in [5, 5.41) is 5.81. The van der Waals surface area contributed by atoms with Gasteiger partial charge in [0.15, 0.2) is 0 Å². The first-order chi connectivity index (χ1) is 10.1. The Balaban J connectivity index is 2.15. The average Bonchev–Trinajstić information content (AvgIpc) is 2.89. The number of nitrogens with one attached hydrogen (secondary N) is 1. The van der Waals surface area contributed by atoms with Crippen LogP contribution >= 0.6 is 11.3 Å². The standard InChI is InChI=1S/C16H17N3OS/c1-11-5-6-13(4-3-7-17)15(8-11)16(20)18-9-14-10-21-12(2)19-14/h5-6,8,10H,7,9,17H2,1-2H3,(H,18,20). The van der Waals surface area contributed by atoms with Gasteiger partial charge in [0.2, 0.25) is 0 Å². The van der Waals surface area contributed by atoms with E-state index in [4.69, 9.17) is 5.73 Å². The second-order valence-corrected chi connectivity index (χ2v) is 5.66. The number of amides is 1. The molecule has 0 spiro atoms. The zero-order valence-electron chi connectivity index (χ0n) is 12.1. The largest absolute Gasteiger partial charge is 0.346 e. The van der Waals surface area contributed by atoms with Crippen LogP contribution in [0.4, 0.5) is 0 Å². The highest BCUT2D eigenvalue weighted by molar-refractivity contribution is 7.09. The van der Waals surface area contributed by atoms with Gasteiger partial charge >= 0.3 is 0 Å². The number of hydrogen-bond acceptors (Lipinski definition) is 4. The van der Waals surface area contributed by atoms with Gasteiger partial charge < -0.3 is 11.1 Å². The Labute approximate surface area is 128 Å². The molecule has 0 saturated heterocycles. The monoisotopic (exact) mass is 299 g/mol. The minimum absolute atomic E-state index is 0.148. The smallest absolute Gasteiger partial charge is 0.252 e. The van der Waals surface area contributed by atoms with Gasteiger partial charge in [0.25, 0.3) is 5.91 Å². The Kier molecular flexibility index (Phi) is 5.09. The van der Waals surface area contributed by atoms with E-state index in [0.717, 1.165) is 16.3 Å². The van der Waals surface area contributed by atoms with E-state index in [1.54, 1.807) is 11.3 Å². The lowest BCUT2D eigenvalue weighted by atomic mass is 10.0. The van der Waals surface area contributed by atoms with Gasteiger partial charge in [-0.1, -0.05) is 23.5 Å². The predicted octanol–water partition coefficient (Wildman–Crippen LogP) is 2.00. The van der Waals surface area contributed by atoms with E-state index in [2.05, 4.69) is 22.1 Å². The van der Waals surface area contributed by atoms with Crippen molar-refractivity contribution >= 4 is 17.2 Å². The van der Waals surface area contributed by atoms with Gasteiger partial charge in [-0.3, -0.25) is 4.79 Å². The number of nitrogens with two attached hydrogens (primary N) is 1. The van der Waals surface area contributed by atoms with E-state index < -0.39 is 0 Å². The number of benzene rings is 1. The van der Waals surface area contributed by atoms with Crippen LogP contribution in [0.1, 0.15) is 32.2 Å². The molecule has 1 heterocycles. The third-order valence-electron chi connectivity index (χ3n) is 2.84. The van der Waals surface area contributed by atoms with Gasteiger partial charge in [-0.2, -0.15) is 0 Å². The zero-order valence-corrected chi connectivity index (χ0v) is 12.9. The first-order valence-electron chi connectivity index (χ1n) is 6.59. The van der Waals surface area contributed by atoms with Crippen molar-refractivity contribution in [2.45, 2.75) is 20.4 Å². The van der Waals surface area contributed by atoms with Crippen LogP contribution in [0, 0.1) is 25.7 Å². The molecule has 4 nitrogen and oxygen atoms in total. The quantitative estimate of drug-likeness (QED) is 0.852. The van der Waals surface area contributed by atoms with Crippen molar-refractivity contribution in [3.05, 3.63) is 51.0 Å². The molecule has 0 radical (unpaired) electrons. The fraction of sp³-hybridized carbons (Fsp3) is 0.250. The maximum atomic E-state index is 12.3. The highest BCUT2D eigenvalue weighted by Crippen LogP contribution is 2.12. The van der Waals surface area contributed by atoms with Gasteiger partial charge in [-0.25, -0.2) is 4.98 Å². The zero-order chi connectivity index (χ0) is 15.2. The van der Waals surface area contributed by atoms with Gasteiger partial charge in [-0.15, -0.1) is 11.3 Å². The molecular weight excluding hydrogens is 282 g/mol. The number of rotatable bonds is 3. The molecule has 108 valence electrons. The Morgan fingerprint density at radius 1 is 1.43 bits per heavy atom. The van der Waals surface area contributed by atoms with Crippen LogP contribution in [0.25, 0.3) is 0 Å². The van der Waals surface area contributed by atoms with Crippen LogP contribution < -0.4 is 11.1 Å². The first kappa shape index (κ1) is 15.2. The molecule has 0 unspecified atom stereocenters. The maximum Gasteiger partial charge on any atom is 0.252 e. The lowest BCUT2D eigenvalue weighted by Gasteiger charge is -2.07. The summed E-state index contributed by atoms with van der Waals surface area (Å²) in [7, 11) is 0. The van der Waals surface area contributed by atoms with Crippen LogP contribution in [0.3, 0.4) is 0 Å². The predicted molar refractivity (Wildman–Crippen MR) is 85.1 cm³/mol. The Morgan fingerprint density at radius 2 is 2.24 bits per heavy atom. The van der Waals surface area contributed by atoms with Gasteiger partial charge in [0.1, 0.15) is 0 Å². The van der Waals surface area contributed by atoms with E-state index >= 15 is 0 Å². The lowest BCUT2D eigenvalue weighted by Crippen LogP contribution is -2.24. The molecule has 0 atom stereocenters. The van der Waals surface area contributed by atoms with Crippen LogP contribution in [0.2, 0.25) is 0 Å². The van der Waals surface area contributed by atoms with Crippen LogP contribution in [-0.2, 0) is 6.54 Å². The number of aromatic nitrogens is 1. The van der Waals surface area contributed by atoms with Gasteiger partial charge in [0, 0.05) is 10.9 Å². The number of nitrogens with zero attached hydrogens (tertiary/aromatic N) is 1. The third kappa shape index (κ3) is 4.15. The minimum Gasteiger partial charge on any atom is -0.346 e. The molecule has 0 bridgehead atoms. The second-order valence-electron chi connectivity index (χ2n) is 4.60. The third-order valence-corrected chi connectivity index (χ3v) is 3.66. The van der Waals surface area contributed by atoms with Crippen molar-refractivity contribution in [3.63, 3.8) is 0 Å². The average molecular weight is 299 g/mol. The number of thiazole rings is 1. The summed E-state index contributed by atoms with van der Waals surface area (Å²) >= 11 is 1.57. The van der Waals surface area contributed by atoms with E-state index in [0.29, 0.717) is 17.7 Å². The summed E-state index contributed by atoms with van der Waals surface area (Å²) in [6, 6.07) is 5.61.